The summed E-state index contributed by atoms with van der Waals surface area (Å²) in [6, 6.07) is 11.5. The van der Waals surface area contributed by atoms with Crippen LogP contribution in [0.3, 0.4) is 0 Å². The van der Waals surface area contributed by atoms with Gasteiger partial charge in [-0.2, -0.15) is 5.10 Å². The Balaban J connectivity index is 0.00000324. The van der Waals surface area contributed by atoms with Gasteiger partial charge in [-0.25, -0.2) is 13.1 Å². The Hall–Kier alpha value is -1.81. The number of nitrogens with zero attached hydrogens (tertiary/aromatic N) is 2. The fourth-order valence-corrected chi connectivity index (χ4v) is 5.62. The van der Waals surface area contributed by atoms with Gasteiger partial charge in [0.15, 0.2) is 0 Å². The van der Waals surface area contributed by atoms with Crippen LogP contribution >= 0.6 is 35.6 Å². The third-order valence-corrected chi connectivity index (χ3v) is 7.89. The quantitative estimate of drug-likeness (QED) is 0.415. The summed E-state index contributed by atoms with van der Waals surface area (Å²) in [6.45, 7) is 0.329. The second kappa shape index (κ2) is 11.3. The first-order valence-electron chi connectivity index (χ1n) is 10.7. The number of aromatic nitrogens is 2. The number of nitrogens with two attached hydrogens (primary N) is 1. The lowest BCUT2D eigenvalue weighted by Crippen LogP contribution is -2.34. The van der Waals surface area contributed by atoms with Gasteiger partial charge in [-0.15, -0.1) is 12.4 Å². The lowest BCUT2D eigenvalue weighted by Gasteiger charge is -2.32. The van der Waals surface area contributed by atoms with Gasteiger partial charge in [-0.3, -0.25) is 4.68 Å². The Morgan fingerprint density at radius 3 is 2.74 bits per heavy atom. The highest BCUT2D eigenvalue weighted by atomic mass is 35.5. The van der Waals surface area contributed by atoms with Crippen LogP contribution in [0.4, 0.5) is 0 Å². The molecule has 0 aliphatic heterocycles. The zero-order chi connectivity index (χ0) is 23.6. The second-order valence-corrected chi connectivity index (χ2v) is 10.8. The van der Waals surface area contributed by atoms with Crippen LogP contribution < -0.4 is 15.2 Å². The Bertz CT molecular complexity index is 1250. The largest absolute Gasteiger partial charge is 0.492 e. The summed E-state index contributed by atoms with van der Waals surface area (Å²) in [5, 5.41) is 5.13. The van der Waals surface area contributed by atoms with Crippen LogP contribution in [-0.2, 0) is 29.9 Å². The van der Waals surface area contributed by atoms with Gasteiger partial charge in [-0.1, -0.05) is 35.3 Å². The molecule has 184 valence electrons. The van der Waals surface area contributed by atoms with Gasteiger partial charge >= 0.3 is 0 Å². The van der Waals surface area contributed by atoms with E-state index in [4.69, 9.17) is 33.7 Å². The number of ether oxygens (including phenoxy) is 1. The molecule has 0 radical (unpaired) electrons. The third-order valence-electron chi connectivity index (χ3n) is 5.89. The molecule has 0 amide bonds. The number of hydrogen-bond acceptors (Lipinski definition) is 5. The van der Waals surface area contributed by atoms with Crippen LogP contribution in [0.5, 0.6) is 5.75 Å². The highest BCUT2D eigenvalue weighted by Gasteiger charge is 2.28. The highest BCUT2D eigenvalue weighted by molar-refractivity contribution is 7.89. The predicted octanol–water partition coefficient (Wildman–Crippen LogP) is 4.11. The molecule has 2 aromatic carbocycles. The molecule has 0 bridgehead atoms. The number of benzene rings is 2. The molecular formula is C23H27Cl3N4O3S. The van der Waals surface area contributed by atoms with Crippen molar-refractivity contribution in [2.75, 3.05) is 13.2 Å². The summed E-state index contributed by atoms with van der Waals surface area (Å²) < 4.78 is 34.4. The molecule has 1 aromatic heterocycles. The van der Waals surface area contributed by atoms with Crippen molar-refractivity contribution in [2.24, 2.45) is 12.8 Å². The minimum absolute atomic E-state index is 0. The molecule has 3 aromatic rings. The summed E-state index contributed by atoms with van der Waals surface area (Å²) in [5.41, 5.74) is 9.90. The summed E-state index contributed by atoms with van der Waals surface area (Å²) >= 11 is 12.5. The van der Waals surface area contributed by atoms with Crippen LogP contribution in [0.15, 0.2) is 53.7 Å². The SMILES string of the molecule is Cl.Cn1cc(S(=O)(=O)NCCOc2ccc3c(c2)C(Cc2ccc(Cl)cc2Cl)C(N)CC3)cn1. The van der Waals surface area contributed by atoms with Gasteiger partial charge in [0.25, 0.3) is 0 Å². The molecule has 2 unspecified atom stereocenters. The van der Waals surface area contributed by atoms with Crippen LogP contribution in [0.25, 0.3) is 0 Å². The molecule has 1 aliphatic rings. The fraction of sp³-hybridized carbons (Fsp3) is 0.348. The van der Waals surface area contributed by atoms with E-state index in [2.05, 4.69) is 15.9 Å². The number of hydrogen-bond donors (Lipinski definition) is 2. The van der Waals surface area contributed by atoms with Crippen LogP contribution in [-0.4, -0.2) is 37.4 Å². The molecule has 1 aliphatic carbocycles. The van der Waals surface area contributed by atoms with Crippen molar-refractivity contribution in [3.8, 4) is 5.75 Å². The molecule has 0 spiro atoms. The van der Waals surface area contributed by atoms with E-state index in [0.29, 0.717) is 22.2 Å². The molecule has 11 heteroatoms. The predicted molar refractivity (Wildman–Crippen MR) is 137 cm³/mol. The van der Waals surface area contributed by atoms with E-state index in [1.165, 1.54) is 22.6 Å². The number of aryl methyl sites for hydroxylation is 2. The van der Waals surface area contributed by atoms with Crippen molar-refractivity contribution in [3.63, 3.8) is 0 Å². The smallest absolute Gasteiger partial charge is 0.243 e. The Labute approximate surface area is 216 Å². The maximum absolute atomic E-state index is 12.3. The summed E-state index contributed by atoms with van der Waals surface area (Å²) in [6.07, 6.45) is 5.27. The molecule has 3 N–H and O–H groups in total. The number of fused-ring (bicyclic) bond motifs is 1. The molecule has 0 saturated heterocycles. The van der Waals surface area contributed by atoms with Crippen molar-refractivity contribution in [3.05, 3.63) is 75.5 Å². The zero-order valence-electron chi connectivity index (χ0n) is 18.6. The maximum atomic E-state index is 12.3. The van der Waals surface area contributed by atoms with E-state index in [1.54, 1.807) is 13.1 Å². The standard InChI is InChI=1S/C23H26Cl2N4O3S.ClH/c1-29-14-19(13-27-29)33(30,31)28-8-9-32-18-6-3-15-4-7-23(26)21(20(15)12-18)10-16-2-5-17(24)11-22(16)25;/h2-3,5-6,11-14,21,23,28H,4,7-10,26H2,1H3;1H. The first-order chi connectivity index (χ1) is 15.7. The van der Waals surface area contributed by atoms with Gasteiger partial charge in [0.05, 0.1) is 6.20 Å². The summed E-state index contributed by atoms with van der Waals surface area (Å²) in [4.78, 5) is 0.122. The van der Waals surface area contributed by atoms with Crippen LogP contribution in [0.1, 0.15) is 29.0 Å². The molecule has 34 heavy (non-hydrogen) atoms. The summed E-state index contributed by atoms with van der Waals surface area (Å²) in [5.74, 6) is 0.774. The van der Waals surface area contributed by atoms with E-state index in [1.807, 2.05) is 24.3 Å². The van der Waals surface area contributed by atoms with Crippen molar-refractivity contribution < 1.29 is 13.2 Å². The van der Waals surface area contributed by atoms with Gasteiger partial charge in [0.2, 0.25) is 10.0 Å². The zero-order valence-corrected chi connectivity index (χ0v) is 21.7. The normalized spacial score (nSPS) is 17.6. The van der Waals surface area contributed by atoms with E-state index in [-0.39, 0.29) is 42.4 Å². The first-order valence-corrected chi connectivity index (χ1v) is 12.9. The van der Waals surface area contributed by atoms with E-state index >= 15 is 0 Å². The van der Waals surface area contributed by atoms with Crippen molar-refractivity contribution >= 4 is 45.6 Å². The number of rotatable bonds is 8. The van der Waals surface area contributed by atoms with Gasteiger partial charge in [0, 0.05) is 41.8 Å². The average molecular weight is 546 g/mol. The Morgan fingerprint density at radius 1 is 1.24 bits per heavy atom. The van der Waals surface area contributed by atoms with Gasteiger partial charge in [-0.05, 0) is 60.2 Å². The lowest BCUT2D eigenvalue weighted by atomic mass is 9.76. The summed E-state index contributed by atoms with van der Waals surface area (Å²) in [7, 11) is -1.95. The van der Waals surface area contributed by atoms with Gasteiger partial charge in [0.1, 0.15) is 17.3 Å². The lowest BCUT2D eigenvalue weighted by molar-refractivity contribution is 0.321. The molecule has 1 heterocycles. The minimum atomic E-state index is -3.62. The molecule has 0 saturated carbocycles. The fourth-order valence-electron chi connectivity index (χ4n) is 4.14. The average Bonchev–Trinajstić information content (AvgIpc) is 3.22. The molecular weight excluding hydrogens is 519 g/mol. The second-order valence-electron chi connectivity index (χ2n) is 8.21. The van der Waals surface area contributed by atoms with Crippen molar-refractivity contribution in [2.45, 2.75) is 36.1 Å². The number of halogens is 3. The van der Waals surface area contributed by atoms with Gasteiger partial charge < -0.3 is 10.5 Å². The molecule has 2 atom stereocenters. The first kappa shape index (κ1) is 26.8. The Kier molecular flexibility index (Phi) is 8.89. The minimum Gasteiger partial charge on any atom is -0.492 e. The van der Waals surface area contributed by atoms with Crippen LogP contribution in [0.2, 0.25) is 10.0 Å². The third kappa shape index (κ3) is 6.24. The monoisotopic (exact) mass is 544 g/mol. The van der Waals surface area contributed by atoms with E-state index < -0.39 is 10.0 Å². The Morgan fingerprint density at radius 2 is 2.03 bits per heavy atom. The topological polar surface area (TPSA) is 99.2 Å². The number of nitrogens with one attached hydrogen (secondary N) is 1. The van der Waals surface area contributed by atoms with Crippen LogP contribution in [0, 0.1) is 0 Å². The van der Waals surface area contributed by atoms with Crippen molar-refractivity contribution in [1.29, 1.82) is 0 Å². The maximum Gasteiger partial charge on any atom is 0.243 e. The highest BCUT2D eigenvalue weighted by Crippen LogP contribution is 2.37. The van der Waals surface area contributed by atoms with Crippen molar-refractivity contribution in [1.82, 2.24) is 14.5 Å². The molecule has 7 nitrogen and oxygen atoms in total. The molecule has 0 fully saturated rings. The van der Waals surface area contributed by atoms with E-state index in [9.17, 15) is 8.42 Å². The number of sulfonamides is 1. The van der Waals surface area contributed by atoms with E-state index in [0.717, 1.165) is 24.0 Å². The molecule has 4 rings (SSSR count).